The van der Waals surface area contributed by atoms with Crippen molar-refractivity contribution in [3.05, 3.63) is 125 Å². The van der Waals surface area contributed by atoms with Crippen molar-refractivity contribution in [1.82, 2.24) is 20.2 Å². The SMILES string of the molecule is CNc1cc(NC(=O)CN2CCC(CCCOc3cccc(-c4ccc(N5CCc6cccc(C(=O)Nc7nc8ccccc8s7)c6C5)nc4C(=O)O)c3)CC2)ccc1C(=N)C1CCC(=O)NC1=O. The van der Waals surface area contributed by atoms with Gasteiger partial charge in [0.15, 0.2) is 10.8 Å². The average Bonchev–Trinajstić information content (AvgIpc) is 3.77. The Labute approximate surface area is 403 Å². The molecule has 0 radical (unpaired) electrons. The molecule has 3 aliphatic rings. The number of likely N-dealkylation sites (tertiary alicyclic amines) is 1. The summed E-state index contributed by atoms with van der Waals surface area (Å²) in [6.45, 7) is 3.38. The van der Waals surface area contributed by atoms with Crippen LogP contribution in [0.4, 0.5) is 22.3 Å². The molecule has 9 rings (SSSR count). The molecule has 6 aromatic rings. The van der Waals surface area contributed by atoms with E-state index in [9.17, 15) is 29.1 Å². The van der Waals surface area contributed by atoms with Gasteiger partial charge < -0.3 is 30.8 Å². The summed E-state index contributed by atoms with van der Waals surface area (Å²) in [5.41, 5.74) is 6.28. The summed E-state index contributed by atoms with van der Waals surface area (Å²) in [7, 11) is 1.72. The number of amides is 4. The zero-order valence-electron chi connectivity index (χ0n) is 38.2. The fourth-order valence-electron chi connectivity index (χ4n) is 9.47. The van der Waals surface area contributed by atoms with E-state index in [2.05, 4.69) is 36.1 Å². The van der Waals surface area contributed by atoms with E-state index in [0.29, 0.717) is 82.4 Å². The second kappa shape index (κ2) is 20.8. The van der Waals surface area contributed by atoms with Gasteiger partial charge in [-0.15, -0.1) is 0 Å². The first-order valence-electron chi connectivity index (χ1n) is 23.3. The molecule has 69 heavy (non-hydrogen) atoms. The summed E-state index contributed by atoms with van der Waals surface area (Å²) in [6, 6.07) is 29.7. The average molecular weight is 948 g/mol. The van der Waals surface area contributed by atoms with Gasteiger partial charge in [0.1, 0.15) is 11.6 Å². The first-order chi connectivity index (χ1) is 33.5. The van der Waals surface area contributed by atoms with E-state index in [1.165, 1.54) is 11.3 Å². The lowest BCUT2D eigenvalue weighted by molar-refractivity contribution is -0.134. The Morgan fingerprint density at radius 1 is 0.884 bits per heavy atom. The molecule has 3 aliphatic heterocycles. The highest BCUT2D eigenvalue weighted by atomic mass is 32.1. The number of hydrogen-bond donors (Lipinski definition) is 6. The number of hydrogen-bond acceptors (Lipinski definition) is 13. The van der Waals surface area contributed by atoms with Crippen molar-refractivity contribution in [2.45, 2.75) is 51.5 Å². The van der Waals surface area contributed by atoms with Crippen molar-refractivity contribution in [1.29, 1.82) is 5.41 Å². The Morgan fingerprint density at radius 3 is 2.51 bits per heavy atom. The van der Waals surface area contributed by atoms with Crippen molar-refractivity contribution in [2.75, 3.05) is 60.7 Å². The van der Waals surface area contributed by atoms with Crippen molar-refractivity contribution in [2.24, 2.45) is 11.8 Å². The number of carboxylic acid groups (broad SMARTS) is 1. The Morgan fingerprint density at radius 2 is 1.71 bits per heavy atom. The molecule has 1 atom stereocenters. The number of fused-ring (bicyclic) bond motifs is 2. The molecule has 4 aromatic carbocycles. The van der Waals surface area contributed by atoms with E-state index >= 15 is 0 Å². The number of ether oxygens (including phenoxy) is 1. The second-order valence-corrected chi connectivity index (χ2v) is 18.7. The lowest BCUT2D eigenvalue weighted by atomic mass is 9.88. The maximum absolute atomic E-state index is 13.6. The number of piperidine rings is 2. The van der Waals surface area contributed by atoms with E-state index in [-0.39, 0.29) is 48.5 Å². The van der Waals surface area contributed by atoms with Crippen LogP contribution in [0.25, 0.3) is 21.3 Å². The molecule has 17 heteroatoms. The van der Waals surface area contributed by atoms with Gasteiger partial charge in [0.25, 0.3) is 5.91 Å². The highest BCUT2D eigenvalue weighted by molar-refractivity contribution is 7.22. The fraction of sp³-hybridized carbons (Fsp3) is 0.308. The molecular weight excluding hydrogens is 895 g/mol. The number of imide groups is 1. The van der Waals surface area contributed by atoms with Crippen LogP contribution in [0.5, 0.6) is 5.75 Å². The number of rotatable bonds is 16. The van der Waals surface area contributed by atoms with Gasteiger partial charge in [0.2, 0.25) is 17.7 Å². The van der Waals surface area contributed by atoms with Gasteiger partial charge in [-0.05, 0) is 135 Å². The van der Waals surface area contributed by atoms with Gasteiger partial charge >= 0.3 is 5.97 Å². The normalized spacial score (nSPS) is 16.4. The zero-order chi connectivity index (χ0) is 48.0. The molecule has 1 unspecified atom stereocenters. The highest BCUT2D eigenvalue weighted by Gasteiger charge is 2.32. The van der Waals surface area contributed by atoms with Crippen molar-refractivity contribution in [3.8, 4) is 16.9 Å². The molecule has 16 nitrogen and oxygen atoms in total. The Balaban J connectivity index is 0.742. The molecule has 5 heterocycles. The van der Waals surface area contributed by atoms with E-state index in [4.69, 9.17) is 10.1 Å². The maximum atomic E-state index is 13.6. The van der Waals surface area contributed by atoms with Crippen LogP contribution < -0.4 is 30.9 Å². The number of nitrogens with one attached hydrogen (secondary N) is 5. The summed E-state index contributed by atoms with van der Waals surface area (Å²) >= 11 is 1.42. The van der Waals surface area contributed by atoms with Gasteiger partial charge in [-0.1, -0.05) is 47.7 Å². The quantitative estimate of drug-likeness (QED) is 0.0311. The standard InChI is InChI=1S/C52H53N9O7S/c1-54-42-28-34(14-15-38(42)47(53)39-17-19-45(62)58-50(39)65)55-46(63)30-60-23-20-31(21-24-60)7-6-26-68-35-10-4-9-33(27-35)36-16-18-44(57-48(36)51(66)67)61-25-22-32-8-5-11-37(40(32)29-61)49(64)59-52-56-41-12-2-3-13-43(41)69-52/h2-5,8-16,18,27-28,31,39,53-54H,6-7,17,19-26,29-30H2,1H3,(H,55,63)(H,66,67)(H,56,59,64)(H,58,62,65). The van der Waals surface area contributed by atoms with Crippen LogP contribution in [0.1, 0.15) is 76.1 Å². The van der Waals surface area contributed by atoms with Gasteiger partial charge in [-0.3, -0.25) is 34.7 Å². The third kappa shape index (κ3) is 10.8. The Hall–Kier alpha value is -7.50. The Bertz CT molecular complexity index is 2930. The smallest absolute Gasteiger partial charge is 0.355 e. The number of carboxylic acids is 1. The molecular formula is C52H53N9O7S. The number of benzene rings is 4. The number of nitrogens with zero attached hydrogens (tertiary/aromatic N) is 4. The Kier molecular flexibility index (Phi) is 14.0. The minimum atomic E-state index is -1.14. The molecule has 0 saturated carbocycles. The topological polar surface area (TPSA) is 219 Å². The minimum Gasteiger partial charge on any atom is -0.494 e. The lowest BCUT2D eigenvalue weighted by Crippen LogP contribution is -2.44. The number of pyridine rings is 1. The third-order valence-corrected chi connectivity index (χ3v) is 14.1. The van der Waals surface area contributed by atoms with E-state index in [1.54, 1.807) is 31.3 Å². The van der Waals surface area contributed by atoms with E-state index in [0.717, 1.165) is 60.1 Å². The van der Waals surface area contributed by atoms with Crippen LogP contribution in [0.2, 0.25) is 0 Å². The molecule has 2 saturated heterocycles. The first kappa shape index (κ1) is 46.6. The number of thiazole rings is 1. The molecule has 0 spiro atoms. The number of para-hydroxylation sites is 1. The fourth-order valence-corrected chi connectivity index (χ4v) is 10.3. The van der Waals surface area contributed by atoms with Gasteiger partial charge in [0.05, 0.1) is 35.0 Å². The number of anilines is 4. The lowest BCUT2D eigenvalue weighted by Gasteiger charge is -2.31. The van der Waals surface area contributed by atoms with Gasteiger partial charge in [0, 0.05) is 54.6 Å². The van der Waals surface area contributed by atoms with Crippen LogP contribution in [-0.4, -0.2) is 95.1 Å². The van der Waals surface area contributed by atoms with Crippen molar-refractivity contribution in [3.63, 3.8) is 0 Å². The molecule has 0 bridgehead atoms. The predicted molar refractivity (Wildman–Crippen MR) is 267 cm³/mol. The first-order valence-corrected chi connectivity index (χ1v) is 24.1. The number of carbonyl (C=O) groups excluding carboxylic acids is 4. The number of aromatic nitrogens is 2. The molecule has 2 fully saturated rings. The summed E-state index contributed by atoms with van der Waals surface area (Å²) in [5.74, 6) is -1.35. The maximum Gasteiger partial charge on any atom is 0.355 e. The number of carbonyl (C=O) groups is 5. The monoisotopic (exact) mass is 947 g/mol. The summed E-state index contributed by atoms with van der Waals surface area (Å²) in [5, 5.41) is 30.9. The summed E-state index contributed by atoms with van der Waals surface area (Å²) in [6.07, 6.45) is 4.92. The van der Waals surface area contributed by atoms with Gasteiger partial charge in [-0.2, -0.15) is 0 Å². The summed E-state index contributed by atoms with van der Waals surface area (Å²) < 4.78 is 7.17. The summed E-state index contributed by atoms with van der Waals surface area (Å²) in [4.78, 5) is 76.7. The van der Waals surface area contributed by atoms with Crippen LogP contribution in [-0.2, 0) is 27.3 Å². The van der Waals surface area contributed by atoms with Crippen molar-refractivity contribution < 1.29 is 33.8 Å². The minimum absolute atomic E-state index is 0.0658. The zero-order valence-corrected chi connectivity index (χ0v) is 39.0. The molecule has 2 aromatic heterocycles. The van der Waals surface area contributed by atoms with Crippen LogP contribution >= 0.6 is 11.3 Å². The molecule has 4 amide bonds. The molecule has 0 aliphatic carbocycles. The van der Waals surface area contributed by atoms with Gasteiger partial charge in [-0.25, -0.2) is 14.8 Å². The van der Waals surface area contributed by atoms with Crippen LogP contribution in [0.15, 0.2) is 97.1 Å². The predicted octanol–water partition coefficient (Wildman–Crippen LogP) is 7.84. The largest absolute Gasteiger partial charge is 0.494 e. The third-order valence-electron chi connectivity index (χ3n) is 13.1. The van der Waals surface area contributed by atoms with E-state index in [1.807, 2.05) is 77.7 Å². The molecule has 6 N–H and O–H groups in total. The van der Waals surface area contributed by atoms with Crippen molar-refractivity contribution >= 4 is 79.2 Å². The van der Waals surface area contributed by atoms with E-state index < -0.39 is 17.8 Å². The van der Waals surface area contributed by atoms with Crippen LogP contribution in [0.3, 0.4) is 0 Å². The highest BCUT2D eigenvalue weighted by Crippen LogP contribution is 2.33. The van der Waals surface area contributed by atoms with Crippen LogP contribution in [0, 0.1) is 17.2 Å². The molecule has 354 valence electrons. The number of aromatic carboxylic acids is 1. The second-order valence-electron chi connectivity index (χ2n) is 17.6.